The molecule has 152 valence electrons. The first-order valence-electron chi connectivity index (χ1n) is 9.56. The van der Waals surface area contributed by atoms with Crippen LogP contribution in [0.1, 0.15) is 16.7 Å². The summed E-state index contributed by atoms with van der Waals surface area (Å²) < 4.78 is 4.59. The summed E-state index contributed by atoms with van der Waals surface area (Å²) in [6, 6.07) is 13.3. The number of hydrogen-bond acceptors (Lipinski definition) is 5. The average molecular weight is 394 g/mol. The number of rotatable bonds is 9. The maximum absolute atomic E-state index is 11.2. The summed E-state index contributed by atoms with van der Waals surface area (Å²) in [5.41, 5.74) is 4.20. The van der Waals surface area contributed by atoms with Crippen LogP contribution in [-0.2, 0) is 22.5 Å². The van der Waals surface area contributed by atoms with Crippen LogP contribution in [0.2, 0.25) is 0 Å². The van der Waals surface area contributed by atoms with Gasteiger partial charge in [-0.25, -0.2) is 4.79 Å². The van der Waals surface area contributed by atoms with E-state index >= 15 is 0 Å². The summed E-state index contributed by atoms with van der Waals surface area (Å²) in [5.74, 6) is -0.124. The van der Waals surface area contributed by atoms with Crippen molar-refractivity contribution in [2.24, 2.45) is 0 Å². The molecule has 0 amide bonds. The standard InChI is InChI=1S/C23H26N2O4/c1-29-23(28)9-6-17-2-4-18(5-3-17)16-25(12-13-26)11-10-19-15-24-22-8-7-20(27)14-21(19)22/h2-9,14-15,24,26-27H,10-13,16H2,1H3/b9-6+. The van der Waals surface area contributed by atoms with Gasteiger partial charge in [0.1, 0.15) is 5.75 Å². The highest BCUT2D eigenvalue weighted by molar-refractivity contribution is 5.87. The number of aliphatic hydroxyl groups is 1. The molecule has 0 fully saturated rings. The first-order chi connectivity index (χ1) is 14.1. The van der Waals surface area contributed by atoms with Gasteiger partial charge in [-0.3, -0.25) is 4.90 Å². The Hall–Kier alpha value is -3.09. The van der Waals surface area contributed by atoms with E-state index < -0.39 is 0 Å². The molecule has 0 aliphatic heterocycles. The number of ether oxygens (including phenoxy) is 1. The second-order valence-electron chi connectivity index (χ2n) is 6.89. The van der Waals surface area contributed by atoms with E-state index in [0.29, 0.717) is 6.54 Å². The number of H-pyrrole nitrogens is 1. The number of fused-ring (bicyclic) bond motifs is 1. The van der Waals surface area contributed by atoms with Crippen molar-refractivity contribution in [2.45, 2.75) is 13.0 Å². The van der Waals surface area contributed by atoms with Crippen LogP contribution in [-0.4, -0.2) is 52.9 Å². The smallest absolute Gasteiger partial charge is 0.330 e. The predicted molar refractivity (Wildman–Crippen MR) is 114 cm³/mol. The molecule has 3 rings (SSSR count). The molecule has 0 spiro atoms. The maximum Gasteiger partial charge on any atom is 0.330 e. The van der Waals surface area contributed by atoms with Crippen molar-refractivity contribution in [1.29, 1.82) is 0 Å². The second kappa shape index (κ2) is 9.91. The van der Waals surface area contributed by atoms with Gasteiger partial charge in [0.15, 0.2) is 0 Å². The molecule has 0 bridgehead atoms. The van der Waals surface area contributed by atoms with E-state index in [-0.39, 0.29) is 18.3 Å². The van der Waals surface area contributed by atoms with Crippen LogP contribution in [0.25, 0.3) is 17.0 Å². The third kappa shape index (κ3) is 5.70. The maximum atomic E-state index is 11.2. The number of aromatic amines is 1. The van der Waals surface area contributed by atoms with Crippen molar-refractivity contribution in [1.82, 2.24) is 9.88 Å². The first kappa shape index (κ1) is 20.6. The Kier molecular flexibility index (Phi) is 7.05. The van der Waals surface area contributed by atoms with Gasteiger partial charge in [0.05, 0.1) is 13.7 Å². The summed E-state index contributed by atoms with van der Waals surface area (Å²) in [6.45, 7) is 2.18. The van der Waals surface area contributed by atoms with Crippen LogP contribution in [0.5, 0.6) is 5.75 Å². The van der Waals surface area contributed by atoms with Gasteiger partial charge in [-0.2, -0.15) is 0 Å². The number of methoxy groups -OCH3 is 1. The van der Waals surface area contributed by atoms with Gasteiger partial charge < -0.3 is 19.9 Å². The van der Waals surface area contributed by atoms with Crippen LogP contribution in [0.3, 0.4) is 0 Å². The molecule has 6 heteroatoms. The minimum absolute atomic E-state index is 0.0919. The lowest BCUT2D eigenvalue weighted by Crippen LogP contribution is -2.28. The molecule has 0 radical (unpaired) electrons. The van der Waals surface area contributed by atoms with Gasteiger partial charge in [-0.15, -0.1) is 0 Å². The molecular weight excluding hydrogens is 368 g/mol. The van der Waals surface area contributed by atoms with Crippen LogP contribution in [0, 0.1) is 0 Å². The number of phenolic OH excluding ortho intramolecular Hbond substituents is 1. The lowest BCUT2D eigenvalue weighted by Gasteiger charge is -2.21. The highest BCUT2D eigenvalue weighted by Gasteiger charge is 2.09. The fraction of sp³-hybridized carbons (Fsp3) is 0.261. The number of nitrogens with one attached hydrogen (secondary N) is 1. The Bertz CT molecular complexity index is 976. The summed E-state index contributed by atoms with van der Waals surface area (Å²) in [6.07, 6.45) is 5.90. The van der Waals surface area contributed by atoms with Crippen molar-refractivity contribution in [3.63, 3.8) is 0 Å². The number of esters is 1. The number of carbonyl (C=O) groups excluding carboxylic acids is 1. The minimum atomic E-state index is -0.381. The molecule has 0 unspecified atom stereocenters. The molecular formula is C23H26N2O4. The van der Waals surface area contributed by atoms with Crippen molar-refractivity contribution in [3.05, 3.63) is 71.4 Å². The Labute approximate surface area is 170 Å². The zero-order valence-corrected chi connectivity index (χ0v) is 16.5. The molecule has 0 atom stereocenters. The fourth-order valence-corrected chi connectivity index (χ4v) is 3.29. The number of phenols is 1. The number of aromatic hydroxyl groups is 1. The first-order valence-corrected chi connectivity index (χ1v) is 9.56. The molecule has 29 heavy (non-hydrogen) atoms. The van der Waals surface area contributed by atoms with Crippen LogP contribution in [0.4, 0.5) is 0 Å². The van der Waals surface area contributed by atoms with E-state index in [9.17, 15) is 15.0 Å². The minimum Gasteiger partial charge on any atom is -0.508 e. The van der Waals surface area contributed by atoms with E-state index in [1.165, 1.54) is 13.2 Å². The molecule has 2 aromatic carbocycles. The van der Waals surface area contributed by atoms with E-state index in [2.05, 4.69) is 14.6 Å². The number of hydrogen-bond donors (Lipinski definition) is 3. The lowest BCUT2D eigenvalue weighted by atomic mass is 10.1. The van der Waals surface area contributed by atoms with Crippen LogP contribution in [0.15, 0.2) is 54.7 Å². The van der Waals surface area contributed by atoms with Crippen molar-refractivity contribution < 1.29 is 19.7 Å². The molecule has 0 aliphatic carbocycles. The highest BCUT2D eigenvalue weighted by atomic mass is 16.5. The normalized spacial score (nSPS) is 11.6. The summed E-state index contributed by atoms with van der Waals surface area (Å²) >= 11 is 0. The monoisotopic (exact) mass is 394 g/mol. The second-order valence-corrected chi connectivity index (χ2v) is 6.89. The van der Waals surface area contributed by atoms with E-state index in [1.54, 1.807) is 18.2 Å². The van der Waals surface area contributed by atoms with Crippen LogP contribution < -0.4 is 0 Å². The summed E-state index contributed by atoms with van der Waals surface area (Å²) in [4.78, 5) is 16.6. The third-order valence-electron chi connectivity index (χ3n) is 4.86. The number of carbonyl (C=O) groups is 1. The number of aromatic nitrogens is 1. The van der Waals surface area contributed by atoms with Gasteiger partial charge in [0, 0.05) is 42.8 Å². The average Bonchev–Trinajstić information content (AvgIpc) is 3.13. The van der Waals surface area contributed by atoms with Crippen molar-refractivity contribution in [2.75, 3.05) is 26.8 Å². The number of nitrogens with zero attached hydrogens (tertiary/aromatic N) is 1. The molecule has 3 N–H and O–H groups in total. The van der Waals surface area contributed by atoms with Gasteiger partial charge in [0.25, 0.3) is 0 Å². The van der Waals surface area contributed by atoms with Crippen LogP contribution >= 0.6 is 0 Å². The molecule has 3 aromatic rings. The zero-order chi connectivity index (χ0) is 20.6. The summed E-state index contributed by atoms with van der Waals surface area (Å²) in [5, 5.41) is 20.2. The van der Waals surface area contributed by atoms with E-state index in [1.807, 2.05) is 36.5 Å². The highest BCUT2D eigenvalue weighted by Crippen LogP contribution is 2.23. The fourth-order valence-electron chi connectivity index (χ4n) is 3.29. The van der Waals surface area contributed by atoms with Gasteiger partial charge in [0.2, 0.25) is 0 Å². The molecule has 0 saturated heterocycles. The molecule has 1 heterocycles. The molecule has 6 nitrogen and oxygen atoms in total. The Morgan fingerprint density at radius 3 is 2.69 bits per heavy atom. The zero-order valence-electron chi connectivity index (χ0n) is 16.5. The largest absolute Gasteiger partial charge is 0.508 e. The SMILES string of the molecule is COC(=O)/C=C/c1ccc(CN(CCO)CCc2c[nH]c3ccc(O)cc23)cc1. The van der Waals surface area contributed by atoms with Crippen molar-refractivity contribution in [3.8, 4) is 5.75 Å². The van der Waals surface area contributed by atoms with Crippen molar-refractivity contribution >= 4 is 22.9 Å². The van der Waals surface area contributed by atoms with Gasteiger partial charge in [-0.1, -0.05) is 24.3 Å². The van der Waals surface area contributed by atoms with E-state index in [0.717, 1.165) is 47.1 Å². The predicted octanol–water partition coefficient (Wildman–Crippen LogP) is 3.10. The molecule has 0 aliphatic rings. The molecule has 0 saturated carbocycles. The number of benzene rings is 2. The third-order valence-corrected chi connectivity index (χ3v) is 4.86. The lowest BCUT2D eigenvalue weighted by molar-refractivity contribution is -0.134. The van der Waals surface area contributed by atoms with Gasteiger partial charge in [-0.05, 0) is 47.4 Å². The summed E-state index contributed by atoms with van der Waals surface area (Å²) in [7, 11) is 1.35. The number of aliphatic hydroxyl groups excluding tert-OH is 1. The quantitative estimate of drug-likeness (QED) is 0.384. The topological polar surface area (TPSA) is 85.8 Å². The van der Waals surface area contributed by atoms with Gasteiger partial charge >= 0.3 is 5.97 Å². The Balaban J connectivity index is 1.63. The molecule has 1 aromatic heterocycles. The Morgan fingerprint density at radius 2 is 1.97 bits per heavy atom. The van der Waals surface area contributed by atoms with E-state index in [4.69, 9.17) is 0 Å². The Morgan fingerprint density at radius 1 is 1.17 bits per heavy atom.